The Hall–Kier alpha value is -6.28. The molecule has 2 unspecified atom stereocenters. The van der Waals surface area contributed by atoms with E-state index in [2.05, 4.69) is 48.9 Å². The second kappa shape index (κ2) is 36.1. The van der Waals surface area contributed by atoms with E-state index < -0.39 is 65.1 Å². The summed E-state index contributed by atoms with van der Waals surface area (Å²) in [5.74, 6) is -0.512. The van der Waals surface area contributed by atoms with Gasteiger partial charge in [-0.25, -0.2) is 19.2 Å². The second-order valence-electron chi connectivity index (χ2n) is 19.1. The van der Waals surface area contributed by atoms with Crippen molar-refractivity contribution >= 4 is 138 Å². The van der Waals surface area contributed by atoms with E-state index in [-0.39, 0.29) is 6.61 Å². The molecule has 0 saturated carbocycles. The Morgan fingerprint density at radius 3 is 1.16 bits per heavy atom. The van der Waals surface area contributed by atoms with Gasteiger partial charge in [0.1, 0.15) is 23.9 Å². The molecular formula is C62H72I4O20. The van der Waals surface area contributed by atoms with Gasteiger partial charge in [0.15, 0.2) is 46.0 Å². The van der Waals surface area contributed by atoms with E-state index in [0.717, 1.165) is 22.3 Å². The number of carbonyl (C=O) groups is 8. The zero-order chi connectivity index (χ0) is 66.3. The molecule has 20 nitrogen and oxygen atoms in total. The number of halogens is 4. The van der Waals surface area contributed by atoms with Crippen molar-refractivity contribution in [3.05, 3.63) is 134 Å². The molecule has 24 heteroatoms. The molecule has 0 fully saturated rings. The molecule has 0 saturated heterocycles. The Morgan fingerprint density at radius 2 is 0.791 bits per heavy atom. The second-order valence-corrected chi connectivity index (χ2v) is 23.8. The zero-order valence-corrected chi connectivity index (χ0v) is 59.7. The first-order valence-electron chi connectivity index (χ1n) is 25.5. The van der Waals surface area contributed by atoms with Gasteiger partial charge in [-0.05, 0) is 217 Å². The van der Waals surface area contributed by atoms with Gasteiger partial charge in [0, 0.05) is 55.6 Å². The average Bonchev–Trinajstić information content (AvgIpc) is 2.20. The van der Waals surface area contributed by atoms with Gasteiger partial charge in [-0.3, -0.25) is 19.2 Å². The highest BCUT2D eigenvalue weighted by Crippen LogP contribution is 2.42. The van der Waals surface area contributed by atoms with Crippen LogP contribution in [0.5, 0.6) is 46.0 Å². The molecule has 0 aliphatic heterocycles. The van der Waals surface area contributed by atoms with Crippen molar-refractivity contribution < 1.29 is 95.2 Å². The molecule has 0 N–H and O–H groups in total. The summed E-state index contributed by atoms with van der Waals surface area (Å²) < 4.78 is 65.7. The van der Waals surface area contributed by atoms with Crippen LogP contribution in [-0.2, 0) is 75.1 Å². The maximum atomic E-state index is 11.9. The monoisotopic (exact) mass is 1640 g/mol. The van der Waals surface area contributed by atoms with Crippen LogP contribution in [0.3, 0.4) is 0 Å². The lowest BCUT2D eigenvalue weighted by Gasteiger charge is -2.30. The van der Waals surface area contributed by atoms with Crippen LogP contribution in [0, 0.1) is 14.3 Å². The standard InChI is InChI=1S/C17H21IO5.C16H19IO5.C15H17IO5.C14H15IO5/c1-7-17(5,23-16(20)10(2)3)12-8-13(18)15(22-11(4)19)14(9-12)21-6;1-9(2)15(19)22-16(4,5)11-7-12(17)14(21-10(3)18)13(8-11)20-6;1-8(2)15(18)20-9(3)11-6-12(16)14(21-10(4)17)13(7-11)19-5;1-8(2)14(17)19-7-10-5-11(15)13(20-9(3)16)12(6-10)18-4/h8-9H,2,7H2,1,3-6H3;7-8H,1H2,2-6H3;6-7,9H,1H2,2-5H3;5-6H,1,7H2,2-4H3. The van der Waals surface area contributed by atoms with Gasteiger partial charge >= 0.3 is 47.8 Å². The first-order valence-corrected chi connectivity index (χ1v) is 29.8. The minimum atomic E-state index is -0.877. The molecule has 4 aromatic carbocycles. The summed E-state index contributed by atoms with van der Waals surface area (Å²) in [5, 5.41) is 0. The number of esters is 8. The largest absolute Gasteiger partial charge is 0.493 e. The van der Waals surface area contributed by atoms with Crippen molar-refractivity contribution in [3.8, 4) is 46.0 Å². The maximum absolute atomic E-state index is 11.9. The predicted octanol–water partition coefficient (Wildman–Crippen LogP) is 13.8. The van der Waals surface area contributed by atoms with E-state index in [1.807, 2.05) is 87.7 Å². The highest BCUT2D eigenvalue weighted by molar-refractivity contribution is 14.1. The zero-order valence-electron chi connectivity index (χ0n) is 51.1. The third-order valence-electron chi connectivity index (χ3n) is 11.1. The Kier molecular flexibility index (Phi) is 32.7. The van der Waals surface area contributed by atoms with E-state index in [4.69, 9.17) is 56.8 Å². The molecule has 4 rings (SSSR count). The Balaban J connectivity index is 0.000000574. The number of rotatable bonds is 21. The molecular weight excluding hydrogens is 1570 g/mol. The molecule has 0 bridgehead atoms. The summed E-state index contributed by atoms with van der Waals surface area (Å²) in [7, 11) is 5.93. The summed E-state index contributed by atoms with van der Waals surface area (Å²) in [6.45, 7) is 35.0. The molecule has 0 radical (unpaired) electrons. The predicted molar refractivity (Wildman–Crippen MR) is 354 cm³/mol. The van der Waals surface area contributed by atoms with Crippen LogP contribution < -0.4 is 37.9 Å². The van der Waals surface area contributed by atoms with Crippen molar-refractivity contribution in [2.45, 2.75) is 120 Å². The van der Waals surface area contributed by atoms with Crippen LogP contribution >= 0.6 is 90.4 Å². The lowest BCUT2D eigenvalue weighted by Crippen LogP contribution is -2.29. The van der Waals surface area contributed by atoms with Gasteiger partial charge in [-0.2, -0.15) is 0 Å². The lowest BCUT2D eigenvalue weighted by atomic mass is 9.92. The van der Waals surface area contributed by atoms with Crippen molar-refractivity contribution in [1.29, 1.82) is 0 Å². The van der Waals surface area contributed by atoms with Gasteiger partial charge in [0.2, 0.25) is 0 Å². The summed E-state index contributed by atoms with van der Waals surface area (Å²) in [4.78, 5) is 91.1. The van der Waals surface area contributed by atoms with Crippen LogP contribution in [0.15, 0.2) is 97.1 Å². The number of hydrogen-bond acceptors (Lipinski definition) is 20. The number of carbonyl (C=O) groups excluding carboxylic acids is 8. The summed E-state index contributed by atoms with van der Waals surface area (Å²) >= 11 is 8.15. The van der Waals surface area contributed by atoms with Crippen LogP contribution in [0.4, 0.5) is 0 Å². The third kappa shape index (κ3) is 24.8. The maximum Gasteiger partial charge on any atom is 0.333 e. The van der Waals surface area contributed by atoms with E-state index in [0.29, 0.717) is 89.0 Å². The van der Waals surface area contributed by atoms with Crippen LogP contribution in [-0.4, -0.2) is 76.2 Å². The SMILES string of the molecule is C=C(C)C(=O)OC(C)(C)c1cc(I)c(OC(C)=O)c(OC)c1.C=C(C)C(=O)OC(C)(CC)c1cc(I)c(OC(C)=O)c(OC)c1.C=C(C)C(=O)OC(C)c1cc(I)c(OC(C)=O)c(OC)c1.C=C(C)C(=O)OCc1cc(I)c(OC(C)=O)c(OC)c1. The molecule has 2 atom stereocenters. The first kappa shape index (κ1) is 77.7. The molecule has 468 valence electrons. The fourth-order valence-electron chi connectivity index (χ4n) is 6.50. The highest BCUT2D eigenvalue weighted by atomic mass is 127. The molecule has 4 aromatic rings. The number of ether oxygens (including phenoxy) is 12. The average molecular weight is 1640 g/mol. The number of hydrogen-bond donors (Lipinski definition) is 0. The Labute approximate surface area is 556 Å². The molecule has 0 aliphatic carbocycles. The summed E-state index contributed by atoms with van der Waals surface area (Å²) in [6, 6.07) is 13.9. The smallest absolute Gasteiger partial charge is 0.333 e. The van der Waals surface area contributed by atoms with Gasteiger partial charge in [0.05, 0.1) is 42.7 Å². The summed E-state index contributed by atoms with van der Waals surface area (Å²) in [6.07, 6.45) is 0.0982. The third-order valence-corrected chi connectivity index (χ3v) is 14.4. The lowest BCUT2D eigenvalue weighted by molar-refractivity contribution is -0.155. The van der Waals surface area contributed by atoms with Crippen LogP contribution in [0.1, 0.15) is 125 Å². The van der Waals surface area contributed by atoms with Gasteiger partial charge in [0.25, 0.3) is 0 Å². The molecule has 0 spiro atoms. The molecule has 0 amide bonds. The quantitative estimate of drug-likeness (QED) is 0.0247. The molecule has 0 heterocycles. The van der Waals surface area contributed by atoms with Crippen molar-refractivity contribution in [1.82, 2.24) is 0 Å². The first-order chi connectivity index (χ1) is 39.8. The van der Waals surface area contributed by atoms with Crippen LogP contribution in [0.2, 0.25) is 0 Å². The number of benzene rings is 4. The molecule has 0 aromatic heterocycles. The van der Waals surface area contributed by atoms with Gasteiger partial charge in [-0.15, -0.1) is 0 Å². The minimum absolute atomic E-state index is 0.0956. The Morgan fingerprint density at radius 1 is 0.453 bits per heavy atom. The Bertz CT molecular complexity index is 3240. The fourth-order valence-corrected chi connectivity index (χ4v) is 9.43. The van der Waals surface area contributed by atoms with Crippen LogP contribution in [0.25, 0.3) is 0 Å². The van der Waals surface area contributed by atoms with Gasteiger partial charge in [-0.1, -0.05) is 33.2 Å². The van der Waals surface area contributed by atoms with E-state index in [1.165, 1.54) is 56.1 Å². The van der Waals surface area contributed by atoms with E-state index in [1.54, 1.807) is 90.9 Å². The number of methoxy groups -OCH3 is 4. The molecule has 86 heavy (non-hydrogen) atoms. The van der Waals surface area contributed by atoms with E-state index in [9.17, 15) is 38.4 Å². The van der Waals surface area contributed by atoms with Crippen molar-refractivity contribution in [2.75, 3.05) is 28.4 Å². The molecule has 0 aliphatic rings. The summed E-state index contributed by atoms with van der Waals surface area (Å²) in [5.41, 5.74) is 2.57. The fraction of sp³-hybridized carbons (Fsp3) is 0.355. The normalized spacial score (nSPS) is 11.3. The minimum Gasteiger partial charge on any atom is -0.493 e. The van der Waals surface area contributed by atoms with Crippen molar-refractivity contribution in [2.24, 2.45) is 0 Å². The van der Waals surface area contributed by atoms with E-state index >= 15 is 0 Å². The van der Waals surface area contributed by atoms with Crippen molar-refractivity contribution in [3.63, 3.8) is 0 Å². The van der Waals surface area contributed by atoms with Gasteiger partial charge < -0.3 is 56.8 Å². The topological polar surface area (TPSA) is 247 Å². The highest BCUT2D eigenvalue weighted by Gasteiger charge is 2.32.